The highest BCUT2D eigenvalue weighted by Gasteiger charge is 2.49. The molecule has 4 nitrogen and oxygen atoms in total. The molecule has 4 unspecified atom stereocenters. The number of hydrogen-bond donors (Lipinski definition) is 1. The predicted molar refractivity (Wildman–Crippen MR) is 51.8 cm³/mol. The fraction of sp³-hybridized carbons (Fsp3) is 0.800. The molecular formula is C10H14F2N2O2. The van der Waals surface area contributed by atoms with Gasteiger partial charge in [0.1, 0.15) is 6.17 Å². The Balaban J connectivity index is 2.26. The number of alkyl halides is 2. The van der Waals surface area contributed by atoms with Crippen molar-refractivity contribution in [2.75, 3.05) is 6.54 Å². The van der Waals surface area contributed by atoms with E-state index >= 15 is 0 Å². The number of halogens is 2. The zero-order valence-corrected chi connectivity index (χ0v) is 8.73. The molecule has 2 aliphatic heterocycles. The van der Waals surface area contributed by atoms with E-state index in [9.17, 15) is 18.4 Å². The van der Waals surface area contributed by atoms with E-state index in [4.69, 9.17) is 5.73 Å². The summed E-state index contributed by atoms with van der Waals surface area (Å²) in [5.74, 6) is -1.62. The SMILES string of the molecule is NC(=O)C1CCC(=O)N2CCC(F)C(F)C12. The molecule has 0 saturated carbocycles. The van der Waals surface area contributed by atoms with Crippen LogP contribution in [-0.4, -0.2) is 41.6 Å². The smallest absolute Gasteiger partial charge is 0.222 e. The van der Waals surface area contributed by atoms with Crippen LogP contribution in [0.1, 0.15) is 19.3 Å². The Bertz CT molecular complexity index is 322. The van der Waals surface area contributed by atoms with Crippen LogP contribution in [0.5, 0.6) is 0 Å². The molecule has 0 bridgehead atoms. The summed E-state index contributed by atoms with van der Waals surface area (Å²) in [6.07, 6.45) is -2.99. The maximum atomic E-state index is 13.7. The molecule has 90 valence electrons. The fourth-order valence-electron chi connectivity index (χ4n) is 2.59. The Hall–Kier alpha value is -1.20. The van der Waals surface area contributed by atoms with Gasteiger partial charge in [0.2, 0.25) is 11.8 Å². The third-order valence-corrected chi connectivity index (χ3v) is 3.44. The van der Waals surface area contributed by atoms with Gasteiger partial charge in [0.05, 0.1) is 12.0 Å². The Morgan fingerprint density at radius 2 is 2.06 bits per heavy atom. The Morgan fingerprint density at radius 3 is 2.69 bits per heavy atom. The van der Waals surface area contributed by atoms with Gasteiger partial charge in [0.25, 0.3) is 0 Å². The van der Waals surface area contributed by atoms with Crippen molar-refractivity contribution in [3.05, 3.63) is 0 Å². The Kier molecular flexibility index (Phi) is 2.82. The average Bonchev–Trinajstić information content (AvgIpc) is 2.23. The van der Waals surface area contributed by atoms with Crippen molar-refractivity contribution in [1.82, 2.24) is 4.90 Å². The van der Waals surface area contributed by atoms with Crippen molar-refractivity contribution in [2.24, 2.45) is 11.7 Å². The molecule has 0 aliphatic carbocycles. The first-order valence-corrected chi connectivity index (χ1v) is 5.39. The number of primary amides is 1. The lowest BCUT2D eigenvalue weighted by atomic mass is 9.81. The molecule has 2 fully saturated rings. The number of carbonyl (C=O) groups excluding carboxylic acids is 2. The molecule has 0 aromatic carbocycles. The Morgan fingerprint density at radius 1 is 1.38 bits per heavy atom. The largest absolute Gasteiger partial charge is 0.369 e. The molecule has 0 aromatic rings. The van der Waals surface area contributed by atoms with E-state index in [0.717, 1.165) is 0 Å². The molecule has 2 aliphatic rings. The fourth-order valence-corrected chi connectivity index (χ4v) is 2.59. The molecule has 6 heteroatoms. The van der Waals surface area contributed by atoms with Crippen LogP contribution in [0.2, 0.25) is 0 Å². The maximum absolute atomic E-state index is 13.7. The third-order valence-electron chi connectivity index (χ3n) is 3.44. The third kappa shape index (κ3) is 1.66. The topological polar surface area (TPSA) is 63.4 Å². The normalized spacial score (nSPS) is 39.4. The standard InChI is InChI=1S/C10H14F2N2O2/c11-6-3-4-14-7(15)2-1-5(10(13)16)9(14)8(6)12/h5-6,8-9H,1-4H2,(H2,13,16). The molecular weight excluding hydrogens is 218 g/mol. The minimum absolute atomic E-state index is 0.00507. The summed E-state index contributed by atoms with van der Waals surface area (Å²) in [7, 11) is 0. The molecule has 2 saturated heterocycles. The monoisotopic (exact) mass is 232 g/mol. The van der Waals surface area contributed by atoms with Gasteiger partial charge in [-0.1, -0.05) is 0 Å². The molecule has 2 N–H and O–H groups in total. The summed E-state index contributed by atoms with van der Waals surface area (Å²) in [4.78, 5) is 24.0. The molecule has 0 aromatic heterocycles. The van der Waals surface area contributed by atoms with Crippen LogP contribution < -0.4 is 5.73 Å². The van der Waals surface area contributed by atoms with Gasteiger partial charge >= 0.3 is 0 Å². The summed E-state index contributed by atoms with van der Waals surface area (Å²) < 4.78 is 27.0. The van der Waals surface area contributed by atoms with E-state index in [1.165, 1.54) is 4.90 Å². The van der Waals surface area contributed by atoms with Gasteiger partial charge in [-0.05, 0) is 12.8 Å². The quantitative estimate of drug-likeness (QED) is 0.700. The van der Waals surface area contributed by atoms with Crippen LogP contribution in [0.3, 0.4) is 0 Å². The zero-order valence-electron chi connectivity index (χ0n) is 8.73. The van der Waals surface area contributed by atoms with Crippen molar-refractivity contribution < 1.29 is 18.4 Å². The minimum atomic E-state index is -1.80. The first-order valence-electron chi connectivity index (χ1n) is 5.39. The predicted octanol–water partition coefficient (Wildman–Crippen LogP) is 0.159. The molecule has 2 rings (SSSR count). The van der Waals surface area contributed by atoms with Gasteiger partial charge in [-0.15, -0.1) is 0 Å². The number of hydrogen-bond acceptors (Lipinski definition) is 2. The molecule has 2 heterocycles. The van der Waals surface area contributed by atoms with E-state index in [-0.39, 0.29) is 31.7 Å². The lowest BCUT2D eigenvalue weighted by Crippen LogP contribution is -2.61. The lowest BCUT2D eigenvalue weighted by Gasteiger charge is -2.45. The maximum Gasteiger partial charge on any atom is 0.222 e. The molecule has 0 spiro atoms. The number of carbonyl (C=O) groups is 2. The van der Waals surface area contributed by atoms with Crippen LogP contribution >= 0.6 is 0 Å². The second-order valence-electron chi connectivity index (χ2n) is 4.37. The summed E-state index contributed by atoms with van der Waals surface area (Å²) in [5.41, 5.74) is 5.16. The van der Waals surface area contributed by atoms with Gasteiger partial charge < -0.3 is 10.6 Å². The second kappa shape index (κ2) is 3.99. The van der Waals surface area contributed by atoms with Crippen LogP contribution in [-0.2, 0) is 9.59 Å². The van der Waals surface area contributed by atoms with Crippen LogP contribution in [0, 0.1) is 5.92 Å². The van der Waals surface area contributed by atoms with E-state index in [2.05, 4.69) is 0 Å². The minimum Gasteiger partial charge on any atom is -0.369 e. The van der Waals surface area contributed by atoms with Crippen molar-refractivity contribution >= 4 is 11.8 Å². The second-order valence-corrected chi connectivity index (χ2v) is 4.37. The number of piperidine rings is 2. The van der Waals surface area contributed by atoms with Gasteiger partial charge in [-0.3, -0.25) is 9.59 Å². The highest BCUT2D eigenvalue weighted by Crippen LogP contribution is 2.34. The molecule has 16 heavy (non-hydrogen) atoms. The van der Waals surface area contributed by atoms with Gasteiger partial charge in [0.15, 0.2) is 6.17 Å². The Labute approximate surface area is 91.8 Å². The van der Waals surface area contributed by atoms with Gasteiger partial charge in [-0.2, -0.15) is 0 Å². The van der Waals surface area contributed by atoms with E-state index in [0.29, 0.717) is 0 Å². The van der Waals surface area contributed by atoms with Gasteiger partial charge in [0, 0.05) is 13.0 Å². The van der Waals surface area contributed by atoms with E-state index < -0.39 is 30.2 Å². The number of nitrogens with zero attached hydrogens (tertiary/aromatic N) is 1. The van der Waals surface area contributed by atoms with E-state index in [1.54, 1.807) is 0 Å². The first-order chi connectivity index (χ1) is 7.52. The zero-order chi connectivity index (χ0) is 11.9. The lowest BCUT2D eigenvalue weighted by molar-refractivity contribution is -0.150. The number of rotatable bonds is 1. The number of amides is 2. The highest BCUT2D eigenvalue weighted by atomic mass is 19.2. The molecule has 4 atom stereocenters. The van der Waals surface area contributed by atoms with Crippen LogP contribution in [0.15, 0.2) is 0 Å². The van der Waals surface area contributed by atoms with Gasteiger partial charge in [-0.25, -0.2) is 8.78 Å². The van der Waals surface area contributed by atoms with Crippen molar-refractivity contribution in [3.8, 4) is 0 Å². The van der Waals surface area contributed by atoms with Crippen LogP contribution in [0.25, 0.3) is 0 Å². The average molecular weight is 232 g/mol. The summed E-state index contributed by atoms with van der Waals surface area (Å²) in [6, 6.07) is -0.998. The highest BCUT2D eigenvalue weighted by molar-refractivity contribution is 5.84. The summed E-state index contributed by atoms with van der Waals surface area (Å²) >= 11 is 0. The molecule has 2 amide bonds. The summed E-state index contributed by atoms with van der Waals surface area (Å²) in [6.45, 7) is 0.175. The summed E-state index contributed by atoms with van der Waals surface area (Å²) in [5, 5.41) is 0. The number of fused-ring (bicyclic) bond motifs is 1. The van der Waals surface area contributed by atoms with Crippen molar-refractivity contribution in [2.45, 2.75) is 37.6 Å². The first kappa shape index (κ1) is 11.3. The number of nitrogens with two attached hydrogens (primary N) is 1. The van der Waals surface area contributed by atoms with Crippen LogP contribution in [0.4, 0.5) is 8.78 Å². The van der Waals surface area contributed by atoms with Crippen molar-refractivity contribution in [1.29, 1.82) is 0 Å². The van der Waals surface area contributed by atoms with Crippen molar-refractivity contribution in [3.63, 3.8) is 0 Å². The van der Waals surface area contributed by atoms with E-state index in [1.807, 2.05) is 0 Å². The molecule has 0 radical (unpaired) electrons.